The van der Waals surface area contributed by atoms with Crippen LogP contribution in [0, 0.1) is 0 Å². The standard InChI is InChI=1S/C39H44N4O9S2/c1-25(26-11-7-6-8-12-26)41-19-21-42(22-20-41)31-14-9-13-28-34(31)37(45)43(36(28)44)30(27-16-17-32(49-2)33(23-27)50-3)15-10-18-40-54(47,48)39-35(51-4)29(24-53-39)38(46)52-5/h6-9,11-14,16-17,23-25,30,40H,10,15,18-22H2,1-5H3. The molecule has 0 radical (unpaired) electrons. The number of rotatable bonds is 15. The lowest BCUT2D eigenvalue weighted by molar-refractivity contribution is 0.0567. The second kappa shape index (κ2) is 16.6. The molecule has 0 spiro atoms. The molecule has 6 rings (SSSR count). The van der Waals surface area contributed by atoms with Crippen LogP contribution in [0.1, 0.15) is 74.0 Å². The summed E-state index contributed by atoms with van der Waals surface area (Å²) in [7, 11) is 1.41. The fourth-order valence-corrected chi connectivity index (χ4v) is 9.69. The van der Waals surface area contributed by atoms with Crippen LogP contribution >= 0.6 is 11.3 Å². The van der Waals surface area contributed by atoms with E-state index in [0.29, 0.717) is 41.3 Å². The molecule has 2 atom stereocenters. The number of methoxy groups -OCH3 is 4. The first-order chi connectivity index (χ1) is 26.0. The average molecular weight is 777 g/mol. The number of sulfonamides is 1. The smallest absolute Gasteiger partial charge is 0.342 e. The maximum atomic E-state index is 14.5. The zero-order chi connectivity index (χ0) is 38.6. The fourth-order valence-electron chi connectivity index (χ4n) is 7.16. The first kappa shape index (κ1) is 38.8. The van der Waals surface area contributed by atoms with Crippen LogP contribution in [0.2, 0.25) is 0 Å². The minimum absolute atomic E-state index is 0.00695. The van der Waals surface area contributed by atoms with Gasteiger partial charge in [-0.2, -0.15) is 0 Å². The van der Waals surface area contributed by atoms with Gasteiger partial charge < -0.3 is 23.8 Å². The van der Waals surface area contributed by atoms with E-state index >= 15 is 0 Å². The van der Waals surface area contributed by atoms with Crippen molar-refractivity contribution in [3.63, 3.8) is 0 Å². The molecular weight excluding hydrogens is 733 g/mol. The highest BCUT2D eigenvalue weighted by Gasteiger charge is 2.43. The quantitative estimate of drug-likeness (QED) is 0.0924. The van der Waals surface area contributed by atoms with Crippen molar-refractivity contribution in [3.05, 3.63) is 99.9 Å². The molecule has 3 aromatic carbocycles. The van der Waals surface area contributed by atoms with Crippen LogP contribution in [0.25, 0.3) is 0 Å². The lowest BCUT2D eigenvalue weighted by Crippen LogP contribution is -2.47. The van der Waals surface area contributed by atoms with Gasteiger partial charge in [0.15, 0.2) is 21.5 Å². The molecule has 2 aliphatic heterocycles. The van der Waals surface area contributed by atoms with Gasteiger partial charge in [0.25, 0.3) is 21.8 Å². The van der Waals surface area contributed by atoms with Crippen LogP contribution < -0.4 is 23.8 Å². The molecule has 1 fully saturated rings. The number of anilines is 1. The van der Waals surface area contributed by atoms with Crippen molar-refractivity contribution >= 4 is 44.8 Å². The van der Waals surface area contributed by atoms with Crippen molar-refractivity contribution in [2.75, 3.05) is 66.1 Å². The van der Waals surface area contributed by atoms with Crippen LogP contribution in [0.5, 0.6) is 17.2 Å². The minimum Gasteiger partial charge on any atom is -0.494 e. The number of hydrogen-bond donors (Lipinski definition) is 1. The second-order valence-electron chi connectivity index (χ2n) is 12.9. The van der Waals surface area contributed by atoms with Crippen molar-refractivity contribution < 1.29 is 41.7 Å². The zero-order valence-electron chi connectivity index (χ0n) is 30.9. The number of thiophene rings is 1. The maximum Gasteiger partial charge on any atom is 0.342 e. The minimum atomic E-state index is -4.09. The molecule has 3 heterocycles. The predicted octanol–water partition coefficient (Wildman–Crippen LogP) is 5.54. The number of esters is 1. The van der Waals surface area contributed by atoms with E-state index in [-0.39, 0.29) is 41.0 Å². The lowest BCUT2D eigenvalue weighted by Gasteiger charge is -2.39. The lowest BCUT2D eigenvalue weighted by atomic mass is 9.99. The Morgan fingerprint density at radius 2 is 1.57 bits per heavy atom. The molecule has 0 aliphatic carbocycles. The van der Waals surface area contributed by atoms with E-state index in [4.69, 9.17) is 18.9 Å². The molecule has 1 N–H and O–H groups in total. The molecule has 0 saturated carbocycles. The van der Waals surface area contributed by atoms with E-state index in [9.17, 15) is 22.8 Å². The molecule has 2 unspecified atom stereocenters. The highest BCUT2D eigenvalue weighted by molar-refractivity contribution is 7.91. The number of piperazine rings is 1. The summed E-state index contributed by atoms with van der Waals surface area (Å²) >= 11 is 0.841. The van der Waals surface area contributed by atoms with Crippen LogP contribution in [-0.2, 0) is 14.8 Å². The third kappa shape index (κ3) is 7.53. The molecular formula is C39H44N4O9S2. The summed E-state index contributed by atoms with van der Waals surface area (Å²) in [4.78, 5) is 46.8. The Balaban J connectivity index is 1.23. The van der Waals surface area contributed by atoms with Gasteiger partial charge in [-0.05, 0) is 55.2 Å². The van der Waals surface area contributed by atoms with Crippen LogP contribution in [0.3, 0.4) is 0 Å². The SMILES string of the molecule is COC(=O)c1csc(S(=O)(=O)NCCCC(c2ccc(OC)c(OC)c2)N2C(=O)c3cccc(N4CCN(C(C)c5ccccc5)CC4)c3C2=O)c1OC. The van der Waals surface area contributed by atoms with Crippen molar-refractivity contribution in [1.82, 2.24) is 14.5 Å². The van der Waals surface area contributed by atoms with Crippen molar-refractivity contribution in [2.24, 2.45) is 0 Å². The van der Waals surface area contributed by atoms with Gasteiger partial charge in [-0.15, -0.1) is 11.3 Å². The molecule has 15 heteroatoms. The molecule has 0 bridgehead atoms. The summed E-state index contributed by atoms with van der Waals surface area (Å²) in [5, 5.41) is 1.37. The number of amides is 2. The Bertz CT molecular complexity index is 2120. The van der Waals surface area contributed by atoms with Gasteiger partial charge in [0.05, 0.1) is 51.3 Å². The van der Waals surface area contributed by atoms with E-state index in [2.05, 4.69) is 33.6 Å². The Morgan fingerprint density at radius 3 is 2.24 bits per heavy atom. The van der Waals surface area contributed by atoms with Gasteiger partial charge in [0.2, 0.25) is 0 Å². The molecule has 13 nitrogen and oxygen atoms in total. The van der Waals surface area contributed by atoms with Gasteiger partial charge in [-0.1, -0.05) is 42.5 Å². The van der Waals surface area contributed by atoms with E-state index < -0.39 is 33.8 Å². The summed E-state index contributed by atoms with van der Waals surface area (Å²) in [6.07, 6.45) is 0.474. The van der Waals surface area contributed by atoms with Crippen molar-refractivity contribution in [3.8, 4) is 17.2 Å². The highest BCUT2D eigenvalue weighted by atomic mass is 32.2. The van der Waals surface area contributed by atoms with Gasteiger partial charge in [-0.3, -0.25) is 19.4 Å². The monoisotopic (exact) mass is 776 g/mol. The summed E-state index contributed by atoms with van der Waals surface area (Å²) in [6.45, 7) is 5.12. The number of carbonyl (C=O) groups is 3. The Kier molecular flexibility index (Phi) is 11.9. The number of fused-ring (bicyclic) bond motifs is 1. The number of imide groups is 1. The van der Waals surface area contributed by atoms with Gasteiger partial charge in [0, 0.05) is 44.1 Å². The first-order valence-electron chi connectivity index (χ1n) is 17.5. The Morgan fingerprint density at radius 1 is 0.852 bits per heavy atom. The number of ether oxygens (including phenoxy) is 4. The van der Waals surface area contributed by atoms with Crippen LogP contribution in [-0.4, -0.2) is 97.2 Å². The van der Waals surface area contributed by atoms with Gasteiger partial charge in [0.1, 0.15) is 5.56 Å². The summed E-state index contributed by atoms with van der Waals surface area (Å²) in [5.41, 5.74) is 3.29. The summed E-state index contributed by atoms with van der Waals surface area (Å²) < 4.78 is 50.1. The highest BCUT2D eigenvalue weighted by Crippen LogP contribution is 2.41. The fraction of sp³-hybridized carbons (Fsp3) is 0.359. The number of hydrogen-bond acceptors (Lipinski definition) is 12. The van der Waals surface area contributed by atoms with Gasteiger partial charge in [-0.25, -0.2) is 17.9 Å². The third-order valence-corrected chi connectivity index (χ3v) is 13.0. The predicted molar refractivity (Wildman–Crippen MR) is 205 cm³/mol. The van der Waals surface area contributed by atoms with Gasteiger partial charge >= 0.3 is 5.97 Å². The number of nitrogens with one attached hydrogen (secondary N) is 1. The van der Waals surface area contributed by atoms with Crippen molar-refractivity contribution in [1.29, 1.82) is 0 Å². The largest absolute Gasteiger partial charge is 0.494 e. The first-order valence-corrected chi connectivity index (χ1v) is 19.9. The van der Waals surface area contributed by atoms with E-state index in [1.165, 1.54) is 44.3 Å². The molecule has 1 aromatic heterocycles. The number of carbonyl (C=O) groups excluding carboxylic acids is 3. The maximum absolute atomic E-state index is 14.5. The topological polar surface area (TPSA) is 144 Å². The molecule has 1 saturated heterocycles. The third-order valence-electron chi connectivity index (χ3n) is 10.0. The zero-order valence-corrected chi connectivity index (χ0v) is 32.5. The normalized spacial score (nSPS) is 15.9. The molecule has 4 aromatic rings. The van der Waals surface area contributed by atoms with Crippen LogP contribution in [0.4, 0.5) is 5.69 Å². The molecule has 2 amide bonds. The average Bonchev–Trinajstić information content (AvgIpc) is 3.76. The number of nitrogens with zero attached hydrogens (tertiary/aromatic N) is 3. The van der Waals surface area contributed by atoms with E-state index in [0.717, 1.165) is 30.1 Å². The summed E-state index contributed by atoms with van der Waals surface area (Å²) in [6, 6.07) is 20.5. The second-order valence-corrected chi connectivity index (χ2v) is 15.8. The number of benzene rings is 3. The molecule has 54 heavy (non-hydrogen) atoms. The van der Waals surface area contributed by atoms with E-state index in [1.807, 2.05) is 30.3 Å². The van der Waals surface area contributed by atoms with Crippen LogP contribution in [0.15, 0.2) is 76.3 Å². The van der Waals surface area contributed by atoms with Crippen molar-refractivity contribution in [2.45, 2.75) is 36.1 Å². The molecule has 286 valence electrons. The Labute approximate surface area is 319 Å². The van der Waals surface area contributed by atoms with E-state index in [1.54, 1.807) is 24.3 Å². The Hall–Kier alpha value is -4.96. The molecule has 2 aliphatic rings. The summed E-state index contributed by atoms with van der Waals surface area (Å²) in [5.74, 6) is -0.749.